The SMILES string of the molecule is CC(C)OC(=O)Cn1c(C(C)C)nc2ccccc21. The fourth-order valence-corrected chi connectivity index (χ4v) is 2.13. The Hall–Kier alpha value is -1.84. The molecule has 4 nitrogen and oxygen atoms in total. The second-order valence-corrected chi connectivity index (χ2v) is 5.24. The van der Waals surface area contributed by atoms with Gasteiger partial charge in [-0.2, -0.15) is 0 Å². The number of ether oxygens (including phenoxy) is 1. The van der Waals surface area contributed by atoms with Gasteiger partial charge in [-0.05, 0) is 26.0 Å². The predicted octanol–water partition coefficient (Wildman–Crippen LogP) is 3.11. The molecule has 4 heteroatoms. The summed E-state index contributed by atoms with van der Waals surface area (Å²) in [4.78, 5) is 16.5. The van der Waals surface area contributed by atoms with E-state index in [4.69, 9.17) is 4.74 Å². The van der Waals surface area contributed by atoms with Crippen LogP contribution in [-0.4, -0.2) is 21.6 Å². The highest BCUT2D eigenvalue weighted by Crippen LogP contribution is 2.21. The minimum absolute atomic E-state index is 0.0928. The van der Waals surface area contributed by atoms with Crippen LogP contribution in [0.2, 0.25) is 0 Å². The van der Waals surface area contributed by atoms with Crippen LogP contribution >= 0.6 is 0 Å². The molecule has 102 valence electrons. The Bertz CT molecular complexity index is 585. The highest BCUT2D eigenvalue weighted by molar-refractivity contribution is 5.79. The van der Waals surface area contributed by atoms with Crippen LogP contribution in [0.5, 0.6) is 0 Å². The zero-order valence-corrected chi connectivity index (χ0v) is 11.9. The third kappa shape index (κ3) is 2.95. The number of nitrogens with zero attached hydrogens (tertiary/aromatic N) is 2. The van der Waals surface area contributed by atoms with E-state index in [0.29, 0.717) is 0 Å². The zero-order valence-electron chi connectivity index (χ0n) is 11.9. The number of fused-ring (bicyclic) bond motifs is 1. The number of benzene rings is 1. The van der Waals surface area contributed by atoms with Crippen LogP contribution in [0.1, 0.15) is 39.4 Å². The first-order valence-electron chi connectivity index (χ1n) is 6.63. The van der Waals surface area contributed by atoms with E-state index in [2.05, 4.69) is 18.8 Å². The fraction of sp³-hybridized carbons (Fsp3) is 0.467. The molecule has 0 aliphatic heterocycles. The topological polar surface area (TPSA) is 44.1 Å². The van der Waals surface area contributed by atoms with Gasteiger partial charge in [0, 0.05) is 5.92 Å². The zero-order chi connectivity index (χ0) is 14.0. The number of carbonyl (C=O) groups excluding carboxylic acids is 1. The van der Waals surface area contributed by atoms with Gasteiger partial charge in [-0.3, -0.25) is 4.79 Å². The van der Waals surface area contributed by atoms with Gasteiger partial charge in [0.15, 0.2) is 0 Å². The normalized spacial score (nSPS) is 11.5. The highest BCUT2D eigenvalue weighted by Gasteiger charge is 2.16. The maximum absolute atomic E-state index is 11.9. The lowest BCUT2D eigenvalue weighted by Crippen LogP contribution is -2.19. The maximum Gasteiger partial charge on any atom is 0.326 e. The third-order valence-electron chi connectivity index (χ3n) is 2.85. The Morgan fingerprint density at radius 1 is 1.26 bits per heavy atom. The van der Waals surface area contributed by atoms with Crippen molar-refractivity contribution in [3.63, 3.8) is 0 Å². The van der Waals surface area contributed by atoms with Crippen molar-refractivity contribution in [2.24, 2.45) is 0 Å². The third-order valence-corrected chi connectivity index (χ3v) is 2.85. The molecule has 1 heterocycles. The minimum Gasteiger partial charge on any atom is -0.462 e. The van der Waals surface area contributed by atoms with Crippen molar-refractivity contribution in [2.45, 2.75) is 46.3 Å². The summed E-state index contributed by atoms with van der Waals surface area (Å²) in [6.45, 7) is 8.07. The first kappa shape index (κ1) is 13.6. The summed E-state index contributed by atoms with van der Waals surface area (Å²) in [6.07, 6.45) is -0.0928. The number of rotatable bonds is 4. The first-order valence-corrected chi connectivity index (χ1v) is 6.63. The molecule has 0 aliphatic rings. The van der Waals surface area contributed by atoms with E-state index in [-0.39, 0.29) is 24.5 Å². The van der Waals surface area contributed by atoms with Crippen LogP contribution in [0.15, 0.2) is 24.3 Å². The van der Waals surface area contributed by atoms with E-state index in [0.717, 1.165) is 16.9 Å². The lowest BCUT2D eigenvalue weighted by atomic mass is 10.2. The summed E-state index contributed by atoms with van der Waals surface area (Å²) < 4.78 is 7.17. The van der Waals surface area contributed by atoms with Crippen LogP contribution < -0.4 is 0 Å². The molecular formula is C15H20N2O2. The molecule has 0 N–H and O–H groups in total. The lowest BCUT2D eigenvalue weighted by molar-refractivity contribution is -0.148. The van der Waals surface area contributed by atoms with Crippen molar-refractivity contribution >= 4 is 17.0 Å². The molecule has 0 saturated heterocycles. The maximum atomic E-state index is 11.9. The van der Waals surface area contributed by atoms with Crippen molar-refractivity contribution < 1.29 is 9.53 Å². The Kier molecular flexibility index (Phi) is 3.88. The highest BCUT2D eigenvalue weighted by atomic mass is 16.5. The summed E-state index contributed by atoms with van der Waals surface area (Å²) in [6, 6.07) is 7.86. The molecule has 0 atom stereocenters. The first-order chi connectivity index (χ1) is 8.99. The van der Waals surface area contributed by atoms with Crippen LogP contribution in [0.3, 0.4) is 0 Å². The molecule has 0 fully saturated rings. The van der Waals surface area contributed by atoms with Crippen molar-refractivity contribution in [3.05, 3.63) is 30.1 Å². The molecule has 2 rings (SSSR count). The number of esters is 1. The van der Waals surface area contributed by atoms with Crippen LogP contribution in [-0.2, 0) is 16.1 Å². The summed E-state index contributed by atoms with van der Waals surface area (Å²) >= 11 is 0. The second-order valence-electron chi connectivity index (χ2n) is 5.24. The molecule has 0 unspecified atom stereocenters. The summed E-state index contributed by atoms with van der Waals surface area (Å²) in [5.74, 6) is 0.959. The number of hydrogen-bond acceptors (Lipinski definition) is 3. The van der Waals surface area contributed by atoms with E-state index in [1.807, 2.05) is 42.7 Å². The van der Waals surface area contributed by atoms with Gasteiger partial charge in [0.2, 0.25) is 0 Å². The molecule has 1 aromatic heterocycles. The van der Waals surface area contributed by atoms with Crippen molar-refractivity contribution in [3.8, 4) is 0 Å². The molecule has 19 heavy (non-hydrogen) atoms. The van der Waals surface area contributed by atoms with Gasteiger partial charge in [-0.15, -0.1) is 0 Å². The Morgan fingerprint density at radius 2 is 1.95 bits per heavy atom. The second kappa shape index (κ2) is 5.43. The smallest absolute Gasteiger partial charge is 0.326 e. The molecule has 0 saturated carbocycles. The Labute approximate surface area is 113 Å². The number of imidazole rings is 1. The molecule has 0 amide bonds. The predicted molar refractivity (Wildman–Crippen MR) is 75.1 cm³/mol. The molecular weight excluding hydrogens is 240 g/mol. The van der Waals surface area contributed by atoms with E-state index < -0.39 is 0 Å². The average Bonchev–Trinajstić information content (AvgIpc) is 2.67. The van der Waals surface area contributed by atoms with Crippen LogP contribution in [0.25, 0.3) is 11.0 Å². The van der Waals surface area contributed by atoms with Gasteiger partial charge in [0.1, 0.15) is 12.4 Å². The molecule has 0 radical (unpaired) electrons. The van der Waals surface area contributed by atoms with E-state index in [9.17, 15) is 4.79 Å². The van der Waals surface area contributed by atoms with Gasteiger partial charge in [-0.1, -0.05) is 26.0 Å². The number of carbonyl (C=O) groups is 1. The van der Waals surface area contributed by atoms with Gasteiger partial charge >= 0.3 is 5.97 Å². The van der Waals surface area contributed by atoms with Crippen LogP contribution in [0, 0.1) is 0 Å². The number of aromatic nitrogens is 2. The van der Waals surface area contributed by atoms with Crippen molar-refractivity contribution in [1.29, 1.82) is 0 Å². The van der Waals surface area contributed by atoms with Crippen LogP contribution in [0.4, 0.5) is 0 Å². The van der Waals surface area contributed by atoms with Crippen molar-refractivity contribution in [2.75, 3.05) is 0 Å². The minimum atomic E-state index is -0.222. The van der Waals surface area contributed by atoms with E-state index >= 15 is 0 Å². The van der Waals surface area contributed by atoms with Crippen molar-refractivity contribution in [1.82, 2.24) is 9.55 Å². The monoisotopic (exact) mass is 260 g/mol. The van der Waals surface area contributed by atoms with Gasteiger partial charge in [-0.25, -0.2) is 4.98 Å². The quantitative estimate of drug-likeness (QED) is 0.793. The van der Waals surface area contributed by atoms with Gasteiger partial charge in [0.25, 0.3) is 0 Å². The van der Waals surface area contributed by atoms with Gasteiger partial charge < -0.3 is 9.30 Å². The fourth-order valence-electron chi connectivity index (χ4n) is 2.13. The number of para-hydroxylation sites is 2. The molecule has 0 spiro atoms. The summed E-state index contributed by atoms with van der Waals surface area (Å²) in [5, 5.41) is 0. The lowest BCUT2D eigenvalue weighted by Gasteiger charge is -2.12. The Morgan fingerprint density at radius 3 is 2.58 bits per heavy atom. The van der Waals surface area contributed by atoms with E-state index in [1.165, 1.54) is 0 Å². The Balaban J connectivity index is 2.39. The molecule has 0 bridgehead atoms. The molecule has 2 aromatic rings. The summed E-state index contributed by atoms with van der Waals surface area (Å²) in [7, 11) is 0. The number of hydrogen-bond donors (Lipinski definition) is 0. The molecule has 1 aromatic carbocycles. The van der Waals surface area contributed by atoms with E-state index in [1.54, 1.807) is 0 Å². The largest absolute Gasteiger partial charge is 0.462 e. The van der Waals surface area contributed by atoms with Gasteiger partial charge in [0.05, 0.1) is 17.1 Å². The summed E-state index contributed by atoms with van der Waals surface area (Å²) in [5.41, 5.74) is 1.90. The average molecular weight is 260 g/mol. The standard InChI is InChI=1S/C15H20N2O2/c1-10(2)15-16-12-7-5-6-8-13(12)17(15)9-14(18)19-11(3)4/h5-8,10-11H,9H2,1-4H3. The molecule has 0 aliphatic carbocycles.